The normalized spacial score (nSPS) is 18.4. The summed E-state index contributed by atoms with van der Waals surface area (Å²) in [5.74, 6) is 0. The van der Waals surface area contributed by atoms with Gasteiger partial charge in [-0.3, -0.25) is 0 Å². The van der Waals surface area contributed by atoms with Crippen LogP contribution in [0.15, 0.2) is 5.51 Å². The van der Waals surface area contributed by atoms with E-state index in [0.29, 0.717) is 5.41 Å². The Balaban J connectivity index is 1.87. The van der Waals surface area contributed by atoms with Crippen LogP contribution in [0.25, 0.3) is 0 Å². The molecule has 1 aromatic heterocycles. The summed E-state index contributed by atoms with van der Waals surface area (Å²) in [6.07, 6.45) is 2.60. The van der Waals surface area contributed by atoms with Crippen molar-refractivity contribution in [2.24, 2.45) is 11.1 Å². The van der Waals surface area contributed by atoms with Gasteiger partial charge in [0.15, 0.2) is 0 Å². The third kappa shape index (κ3) is 2.56. The Labute approximate surface area is 95.3 Å². The molecule has 0 aromatic carbocycles. The van der Waals surface area contributed by atoms with E-state index in [-0.39, 0.29) is 0 Å². The van der Waals surface area contributed by atoms with E-state index in [2.05, 4.69) is 23.9 Å². The third-order valence-electron chi connectivity index (χ3n) is 3.25. The summed E-state index contributed by atoms with van der Waals surface area (Å²) in [5, 5.41) is 0. The Morgan fingerprint density at radius 2 is 2.33 bits per heavy atom. The van der Waals surface area contributed by atoms with Gasteiger partial charge in [0.05, 0.1) is 11.2 Å². The average molecular weight is 225 g/mol. The van der Waals surface area contributed by atoms with Crippen LogP contribution in [0.3, 0.4) is 0 Å². The smallest absolute Gasteiger partial charge is 0.0798 e. The number of rotatable bonds is 5. The second-order valence-corrected chi connectivity index (χ2v) is 5.68. The van der Waals surface area contributed by atoms with Gasteiger partial charge in [0, 0.05) is 18.0 Å². The molecule has 4 heteroatoms. The lowest BCUT2D eigenvalue weighted by Crippen LogP contribution is -2.31. The van der Waals surface area contributed by atoms with Crippen molar-refractivity contribution in [3.8, 4) is 0 Å². The molecule has 0 spiro atoms. The van der Waals surface area contributed by atoms with E-state index in [1.54, 1.807) is 11.3 Å². The van der Waals surface area contributed by atoms with Crippen LogP contribution in [0.5, 0.6) is 0 Å². The standard InChI is InChI=1S/C11H19N3S/c1-9-10(15-8-13-9)5-14(2)7-11(6-12)3-4-11/h8H,3-7,12H2,1-2H3. The lowest BCUT2D eigenvalue weighted by atomic mass is 10.1. The van der Waals surface area contributed by atoms with Crippen molar-refractivity contribution in [2.45, 2.75) is 26.3 Å². The first-order chi connectivity index (χ1) is 7.15. The van der Waals surface area contributed by atoms with E-state index in [1.165, 1.54) is 23.4 Å². The Morgan fingerprint density at radius 1 is 1.60 bits per heavy atom. The number of aryl methyl sites for hydroxylation is 1. The third-order valence-corrected chi connectivity index (χ3v) is 4.17. The molecule has 0 amide bonds. The van der Waals surface area contributed by atoms with Gasteiger partial charge in [-0.15, -0.1) is 11.3 Å². The maximum Gasteiger partial charge on any atom is 0.0798 e. The molecule has 2 N–H and O–H groups in total. The molecule has 1 saturated carbocycles. The zero-order chi connectivity index (χ0) is 10.9. The zero-order valence-corrected chi connectivity index (χ0v) is 10.3. The van der Waals surface area contributed by atoms with Crippen LogP contribution < -0.4 is 5.73 Å². The molecule has 0 atom stereocenters. The van der Waals surface area contributed by atoms with Gasteiger partial charge >= 0.3 is 0 Å². The minimum atomic E-state index is 0.438. The predicted octanol–water partition coefficient (Wildman–Crippen LogP) is 1.62. The largest absolute Gasteiger partial charge is 0.330 e. The van der Waals surface area contributed by atoms with E-state index in [0.717, 1.165) is 19.6 Å². The summed E-state index contributed by atoms with van der Waals surface area (Å²) < 4.78 is 0. The molecule has 0 aliphatic heterocycles. The van der Waals surface area contributed by atoms with E-state index in [1.807, 2.05) is 5.51 Å². The number of hydrogen-bond donors (Lipinski definition) is 1. The van der Waals surface area contributed by atoms with Gasteiger partial charge in [-0.2, -0.15) is 0 Å². The summed E-state index contributed by atoms with van der Waals surface area (Å²) in [5.41, 5.74) is 9.32. The van der Waals surface area contributed by atoms with Crippen molar-refractivity contribution in [3.63, 3.8) is 0 Å². The summed E-state index contributed by atoms with van der Waals surface area (Å²) in [6.45, 7) is 5.05. The van der Waals surface area contributed by atoms with Crippen molar-refractivity contribution < 1.29 is 0 Å². The fraction of sp³-hybridized carbons (Fsp3) is 0.727. The number of nitrogens with two attached hydrogens (primary N) is 1. The molecule has 0 radical (unpaired) electrons. The molecule has 1 aromatic rings. The molecule has 0 saturated heterocycles. The van der Waals surface area contributed by atoms with Crippen molar-refractivity contribution in [2.75, 3.05) is 20.1 Å². The maximum atomic E-state index is 5.78. The molecular weight excluding hydrogens is 206 g/mol. The van der Waals surface area contributed by atoms with Crippen LogP contribution in [0, 0.1) is 12.3 Å². The highest BCUT2D eigenvalue weighted by Crippen LogP contribution is 2.45. The first kappa shape index (κ1) is 11.0. The molecule has 3 nitrogen and oxygen atoms in total. The molecule has 84 valence electrons. The van der Waals surface area contributed by atoms with E-state index in [4.69, 9.17) is 5.73 Å². The van der Waals surface area contributed by atoms with Crippen LogP contribution >= 0.6 is 11.3 Å². The minimum Gasteiger partial charge on any atom is -0.330 e. The lowest BCUT2D eigenvalue weighted by Gasteiger charge is -2.22. The quantitative estimate of drug-likeness (QED) is 0.828. The molecule has 0 unspecified atom stereocenters. The second kappa shape index (κ2) is 4.20. The lowest BCUT2D eigenvalue weighted by molar-refractivity contribution is 0.261. The number of nitrogens with zero attached hydrogens (tertiary/aromatic N) is 2. The van der Waals surface area contributed by atoms with Crippen molar-refractivity contribution in [3.05, 3.63) is 16.1 Å². The molecule has 1 heterocycles. The van der Waals surface area contributed by atoms with Crippen molar-refractivity contribution in [1.29, 1.82) is 0 Å². The number of hydrogen-bond acceptors (Lipinski definition) is 4. The van der Waals surface area contributed by atoms with Crippen molar-refractivity contribution >= 4 is 11.3 Å². The molecule has 1 aliphatic rings. The van der Waals surface area contributed by atoms with Crippen LogP contribution in [0.2, 0.25) is 0 Å². The summed E-state index contributed by atoms with van der Waals surface area (Å²) in [6, 6.07) is 0. The highest BCUT2D eigenvalue weighted by molar-refractivity contribution is 7.09. The highest BCUT2D eigenvalue weighted by Gasteiger charge is 2.41. The SMILES string of the molecule is Cc1ncsc1CN(C)CC1(CN)CC1. The molecule has 0 bridgehead atoms. The first-order valence-corrected chi connectivity index (χ1v) is 6.31. The van der Waals surface area contributed by atoms with E-state index >= 15 is 0 Å². The van der Waals surface area contributed by atoms with Gasteiger partial charge < -0.3 is 10.6 Å². The Kier molecular flexibility index (Phi) is 3.09. The molecule has 1 aliphatic carbocycles. The molecule has 1 fully saturated rings. The fourth-order valence-electron chi connectivity index (χ4n) is 1.96. The first-order valence-electron chi connectivity index (χ1n) is 5.43. The summed E-state index contributed by atoms with van der Waals surface area (Å²) in [4.78, 5) is 8.02. The minimum absolute atomic E-state index is 0.438. The van der Waals surface area contributed by atoms with Gasteiger partial charge in [-0.1, -0.05) is 0 Å². The summed E-state index contributed by atoms with van der Waals surface area (Å²) in [7, 11) is 2.18. The van der Waals surface area contributed by atoms with Crippen LogP contribution in [0.1, 0.15) is 23.4 Å². The van der Waals surface area contributed by atoms with Gasteiger partial charge in [0.2, 0.25) is 0 Å². The van der Waals surface area contributed by atoms with Crippen LogP contribution in [-0.4, -0.2) is 30.0 Å². The fourth-order valence-corrected chi connectivity index (χ4v) is 2.81. The van der Waals surface area contributed by atoms with Gasteiger partial charge in [0.1, 0.15) is 0 Å². The van der Waals surface area contributed by atoms with Crippen LogP contribution in [0.4, 0.5) is 0 Å². The Bertz CT molecular complexity index is 330. The number of thiazole rings is 1. The van der Waals surface area contributed by atoms with E-state index < -0.39 is 0 Å². The Hall–Kier alpha value is -0.450. The van der Waals surface area contributed by atoms with Gasteiger partial charge in [-0.05, 0) is 38.8 Å². The maximum absolute atomic E-state index is 5.78. The van der Waals surface area contributed by atoms with Gasteiger partial charge in [0.25, 0.3) is 0 Å². The van der Waals surface area contributed by atoms with E-state index in [9.17, 15) is 0 Å². The monoisotopic (exact) mass is 225 g/mol. The molecular formula is C11H19N3S. The summed E-state index contributed by atoms with van der Waals surface area (Å²) >= 11 is 1.75. The highest BCUT2D eigenvalue weighted by atomic mass is 32.1. The van der Waals surface area contributed by atoms with Crippen molar-refractivity contribution in [1.82, 2.24) is 9.88 Å². The van der Waals surface area contributed by atoms with Gasteiger partial charge in [-0.25, -0.2) is 4.98 Å². The van der Waals surface area contributed by atoms with Crippen LogP contribution in [-0.2, 0) is 6.54 Å². The Morgan fingerprint density at radius 3 is 2.80 bits per heavy atom. The topological polar surface area (TPSA) is 42.2 Å². The predicted molar refractivity (Wildman–Crippen MR) is 63.9 cm³/mol. The molecule has 15 heavy (non-hydrogen) atoms. The molecule has 2 rings (SSSR count). The average Bonchev–Trinajstić information content (AvgIpc) is 2.86. The number of aromatic nitrogens is 1. The second-order valence-electron chi connectivity index (χ2n) is 4.74. The zero-order valence-electron chi connectivity index (χ0n) is 9.49.